The van der Waals surface area contributed by atoms with Crippen molar-refractivity contribution in [2.24, 2.45) is 0 Å². The minimum Gasteiger partial charge on any atom is -0.399 e. The number of fused-ring (bicyclic) bond motifs is 1. The maximum Gasteiger partial charge on any atom is 0.246 e. The lowest BCUT2D eigenvalue weighted by Gasteiger charge is -2.07. The topological polar surface area (TPSA) is 72.9 Å². The number of carbonyl (C=O) groups excluding carboxylic acids is 1. The molecule has 0 bridgehead atoms. The number of aromatic nitrogens is 2. The molecule has 3 rings (SSSR count). The second kappa shape index (κ2) is 5.87. The predicted molar refractivity (Wildman–Crippen MR) is 89.2 cm³/mol. The van der Waals surface area contributed by atoms with Crippen LogP contribution in [-0.4, -0.2) is 15.7 Å². The second-order valence-electron chi connectivity index (χ2n) is 4.83. The third kappa shape index (κ3) is 3.16. The minimum absolute atomic E-state index is 0.0666. The summed E-state index contributed by atoms with van der Waals surface area (Å²) < 4.78 is 1.59. The molecule has 0 aliphatic rings. The Morgan fingerprint density at radius 1 is 1.18 bits per heavy atom. The van der Waals surface area contributed by atoms with Crippen LogP contribution < -0.4 is 11.1 Å². The number of nitrogens with one attached hydrogen (secondary N) is 1. The normalized spacial score (nSPS) is 10.8. The Labute approximate surface area is 136 Å². The number of nitrogens with two attached hydrogens (primary N) is 1. The van der Waals surface area contributed by atoms with Crippen molar-refractivity contribution in [2.75, 3.05) is 11.1 Å². The van der Waals surface area contributed by atoms with Crippen LogP contribution in [0.3, 0.4) is 0 Å². The van der Waals surface area contributed by atoms with Gasteiger partial charge in [0, 0.05) is 26.8 Å². The molecule has 0 radical (unpaired) electrons. The monoisotopic (exact) mass is 334 g/mol. The molecule has 1 amide bonds. The van der Waals surface area contributed by atoms with Crippen molar-refractivity contribution in [1.29, 1.82) is 0 Å². The molecule has 0 aliphatic heterocycles. The van der Waals surface area contributed by atoms with Gasteiger partial charge in [0.05, 0.1) is 11.7 Å². The molecule has 112 valence electrons. The highest BCUT2D eigenvalue weighted by Gasteiger charge is 2.09. The van der Waals surface area contributed by atoms with Gasteiger partial charge in [-0.15, -0.1) is 0 Å². The van der Waals surface area contributed by atoms with Gasteiger partial charge < -0.3 is 11.1 Å². The van der Waals surface area contributed by atoms with Crippen LogP contribution in [0.4, 0.5) is 11.4 Å². The number of amides is 1. The molecule has 0 saturated carbocycles. The summed E-state index contributed by atoms with van der Waals surface area (Å²) in [6.07, 6.45) is 1.69. The molecular formula is C15H12Cl2N4O. The molecule has 22 heavy (non-hydrogen) atoms. The SMILES string of the molecule is Nc1ccc2cnn(CC(=O)Nc3cc(Cl)cc(Cl)c3)c2c1. The van der Waals surface area contributed by atoms with Gasteiger partial charge in [0.25, 0.3) is 0 Å². The highest BCUT2D eigenvalue weighted by Crippen LogP contribution is 2.22. The second-order valence-corrected chi connectivity index (χ2v) is 5.70. The Hall–Kier alpha value is -2.24. The standard InChI is InChI=1S/C15H12Cl2N4O/c16-10-3-11(17)5-13(4-10)20-15(22)8-21-14-6-12(18)2-1-9(14)7-19-21/h1-7H,8,18H2,(H,20,22). The summed E-state index contributed by atoms with van der Waals surface area (Å²) in [7, 11) is 0. The Morgan fingerprint density at radius 2 is 1.91 bits per heavy atom. The number of halogens is 2. The van der Waals surface area contributed by atoms with Crippen LogP contribution in [0.1, 0.15) is 0 Å². The van der Waals surface area contributed by atoms with Gasteiger partial charge in [0.2, 0.25) is 5.91 Å². The number of hydrogen-bond donors (Lipinski definition) is 2. The molecule has 1 aromatic heterocycles. The van der Waals surface area contributed by atoms with E-state index in [0.717, 1.165) is 10.9 Å². The first kappa shape index (κ1) is 14.7. The average molecular weight is 335 g/mol. The van der Waals surface area contributed by atoms with E-state index < -0.39 is 0 Å². The summed E-state index contributed by atoms with van der Waals surface area (Å²) in [6.45, 7) is 0.0666. The number of carbonyl (C=O) groups is 1. The summed E-state index contributed by atoms with van der Waals surface area (Å²) in [5.74, 6) is -0.231. The van der Waals surface area contributed by atoms with Crippen LogP contribution in [0, 0.1) is 0 Å². The summed E-state index contributed by atoms with van der Waals surface area (Å²) in [5, 5.41) is 8.78. The van der Waals surface area contributed by atoms with Crippen molar-refractivity contribution in [3.05, 3.63) is 52.6 Å². The van der Waals surface area contributed by atoms with E-state index in [4.69, 9.17) is 28.9 Å². The smallest absolute Gasteiger partial charge is 0.246 e. The molecule has 3 aromatic rings. The van der Waals surface area contributed by atoms with Crippen molar-refractivity contribution in [2.45, 2.75) is 6.54 Å². The number of benzene rings is 2. The van der Waals surface area contributed by atoms with Crippen molar-refractivity contribution in [1.82, 2.24) is 9.78 Å². The molecule has 1 heterocycles. The fourth-order valence-electron chi connectivity index (χ4n) is 2.18. The predicted octanol–water partition coefficient (Wildman–Crippen LogP) is 3.56. The summed E-state index contributed by atoms with van der Waals surface area (Å²) in [5.41, 5.74) is 7.74. The molecule has 7 heteroatoms. The van der Waals surface area contributed by atoms with E-state index in [1.165, 1.54) is 0 Å². The lowest BCUT2D eigenvalue weighted by atomic mass is 10.2. The van der Waals surface area contributed by atoms with E-state index in [1.807, 2.05) is 6.07 Å². The van der Waals surface area contributed by atoms with Crippen LogP contribution in [0.15, 0.2) is 42.6 Å². The minimum atomic E-state index is -0.231. The number of rotatable bonds is 3. The van der Waals surface area contributed by atoms with Gasteiger partial charge in [-0.1, -0.05) is 23.2 Å². The van der Waals surface area contributed by atoms with Gasteiger partial charge in [-0.05, 0) is 36.4 Å². The Bertz CT molecular complexity index is 840. The average Bonchev–Trinajstić information content (AvgIpc) is 2.80. The van der Waals surface area contributed by atoms with Crippen molar-refractivity contribution >= 4 is 51.4 Å². The molecule has 0 unspecified atom stereocenters. The van der Waals surface area contributed by atoms with Crippen LogP contribution in [0.5, 0.6) is 0 Å². The van der Waals surface area contributed by atoms with Crippen molar-refractivity contribution in [3.8, 4) is 0 Å². The Morgan fingerprint density at radius 3 is 2.64 bits per heavy atom. The van der Waals surface area contributed by atoms with Crippen molar-refractivity contribution < 1.29 is 4.79 Å². The lowest BCUT2D eigenvalue weighted by molar-refractivity contribution is -0.116. The molecule has 0 aliphatic carbocycles. The fourth-order valence-corrected chi connectivity index (χ4v) is 2.70. The molecule has 0 saturated heterocycles. The highest BCUT2D eigenvalue weighted by atomic mass is 35.5. The molecular weight excluding hydrogens is 323 g/mol. The van der Waals surface area contributed by atoms with Crippen LogP contribution >= 0.6 is 23.2 Å². The van der Waals surface area contributed by atoms with Crippen LogP contribution in [-0.2, 0) is 11.3 Å². The summed E-state index contributed by atoms with van der Waals surface area (Å²) in [6, 6.07) is 10.3. The van der Waals surface area contributed by atoms with Crippen molar-refractivity contribution in [3.63, 3.8) is 0 Å². The van der Waals surface area contributed by atoms with Crippen LogP contribution in [0.2, 0.25) is 10.0 Å². The number of anilines is 2. The van der Waals surface area contributed by atoms with Gasteiger partial charge >= 0.3 is 0 Å². The first-order valence-corrected chi connectivity index (χ1v) is 7.24. The first-order chi connectivity index (χ1) is 10.5. The zero-order valence-electron chi connectivity index (χ0n) is 11.4. The van der Waals surface area contributed by atoms with Gasteiger partial charge in [-0.2, -0.15) is 5.10 Å². The highest BCUT2D eigenvalue weighted by molar-refractivity contribution is 6.35. The fraction of sp³-hybridized carbons (Fsp3) is 0.0667. The summed E-state index contributed by atoms with van der Waals surface area (Å²) in [4.78, 5) is 12.1. The number of nitrogen functional groups attached to an aromatic ring is 1. The molecule has 0 fully saturated rings. The quantitative estimate of drug-likeness (QED) is 0.719. The largest absolute Gasteiger partial charge is 0.399 e. The van der Waals surface area contributed by atoms with Gasteiger partial charge in [0.15, 0.2) is 0 Å². The zero-order chi connectivity index (χ0) is 15.7. The van der Waals surface area contributed by atoms with E-state index in [2.05, 4.69) is 10.4 Å². The van der Waals surface area contributed by atoms with E-state index in [9.17, 15) is 4.79 Å². The van der Waals surface area contributed by atoms with E-state index in [1.54, 1.807) is 41.2 Å². The van der Waals surface area contributed by atoms with E-state index >= 15 is 0 Å². The molecule has 5 nitrogen and oxygen atoms in total. The van der Waals surface area contributed by atoms with E-state index in [0.29, 0.717) is 21.4 Å². The first-order valence-electron chi connectivity index (χ1n) is 6.48. The third-order valence-electron chi connectivity index (χ3n) is 3.11. The number of nitrogens with zero attached hydrogens (tertiary/aromatic N) is 2. The van der Waals surface area contributed by atoms with Gasteiger partial charge in [-0.3, -0.25) is 9.48 Å². The third-order valence-corrected chi connectivity index (χ3v) is 3.54. The van der Waals surface area contributed by atoms with E-state index in [-0.39, 0.29) is 12.5 Å². The maximum absolute atomic E-state index is 12.1. The zero-order valence-corrected chi connectivity index (χ0v) is 12.9. The number of hydrogen-bond acceptors (Lipinski definition) is 3. The maximum atomic E-state index is 12.1. The molecule has 0 spiro atoms. The van der Waals surface area contributed by atoms with Gasteiger partial charge in [-0.25, -0.2) is 0 Å². The molecule has 2 aromatic carbocycles. The van der Waals surface area contributed by atoms with Crippen LogP contribution in [0.25, 0.3) is 10.9 Å². The Kier molecular flexibility index (Phi) is 3.92. The molecule has 3 N–H and O–H groups in total. The Balaban J connectivity index is 1.79. The molecule has 0 atom stereocenters. The van der Waals surface area contributed by atoms with Gasteiger partial charge in [0.1, 0.15) is 6.54 Å². The summed E-state index contributed by atoms with van der Waals surface area (Å²) >= 11 is 11.8. The lowest BCUT2D eigenvalue weighted by Crippen LogP contribution is -2.19.